The van der Waals surface area contributed by atoms with Crippen LogP contribution >= 0.6 is 24.0 Å². The summed E-state index contributed by atoms with van der Waals surface area (Å²) in [4.78, 5) is 13.6. The van der Waals surface area contributed by atoms with Crippen LogP contribution in [0.25, 0.3) is 5.69 Å². The molecule has 2 N–H and O–H groups in total. The number of aromatic nitrogens is 4. The second-order valence-corrected chi connectivity index (χ2v) is 5.49. The average Bonchev–Trinajstić information content (AvgIpc) is 3.09. The molecule has 0 aliphatic carbocycles. The number of likely N-dealkylation sites (tertiary alicyclic amines) is 1. The molecule has 1 aliphatic rings. The van der Waals surface area contributed by atoms with E-state index < -0.39 is 0 Å². The Bertz CT molecular complexity index is 648. The topological polar surface area (TPSA) is 89.9 Å². The molecule has 0 saturated carbocycles. The zero-order valence-corrected chi connectivity index (χ0v) is 13.3. The van der Waals surface area contributed by atoms with Gasteiger partial charge in [0.05, 0.1) is 11.7 Å². The zero-order valence-electron chi connectivity index (χ0n) is 11.7. The van der Waals surface area contributed by atoms with Gasteiger partial charge in [0.25, 0.3) is 0 Å². The summed E-state index contributed by atoms with van der Waals surface area (Å²) in [5.74, 6) is -0.279. The number of primary amides is 1. The number of benzene rings is 1. The minimum absolute atomic E-state index is 0. The van der Waals surface area contributed by atoms with E-state index in [0.717, 1.165) is 30.6 Å². The molecule has 1 aromatic heterocycles. The van der Waals surface area contributed by atoms with Crippen LogP contribution in [0.5, 0.6) is 0 Å². The predicted octanol–water partition coefficient (Wildman–Crippen LogP) is 1.19. The normalized spacial score (nSPS) is 18.1. The lowest BCUT2D eigenvalue weighted by Gasteiger charge is -2.23. The summed E-state index contributed by atoms with van der Waals surface area (Å²) >= 11 is 6.09. The SMILES string of the molecule is Cl.NC(=O)[C@@H]1CCCN1Cc1cc(Cl)ccc1-n1cnnn1. The maximum atomic E-state index is 11.5. The summed E-state index contributed by atoms with van der Waals surface area (Å²) in [5, 5.41) is 11.8. The van der Waals surface area contributed by atoms with Crippen molar-refractivity contribution in [3.8, 4) is 5.69 Å². The van der Waals surface area contributed by atoms with Gasteiger partial charge in [0.1, 0.15) is 6.33 Å². The van der Waals surface area contributed by atoms with Crippen molar-refractivity contribution in [2.75, 3.05) is 6.54 Å². The lowest BCUT2D eigenvalue weighted by atomic mass is 10.1. The molecule has 7 nitrogen and oxygen atoms in total. The highest BCUT2D eigenvalue weighted by molar-refractivity contribution is 6.30. The minimum atomic E-state index is -0.279. The number of hydrogen-bond acceptors (Lipinski definition) is 5. The van der Waals surface area contributed by atoms with Crippen LogP contribution in [0.15, 0.2) is 24.5 Å². The molecule has 118 valence electrons. The Morgan fingerprint density at radius 1 is 1.45 bits per heavy atom. The quantitative estimate of drug-likeness (QED) is 0.901. The van der Waals surface area contributed by atoms with E-state index >= 15 is 0 Å². The van der Waals surface area contributed by atoms with E-state index in [9.17, 15) is 4.79 Å². The summed E-state index contributed by atoms with van der Waals surface area (Å²) in [6, 6.07) is 5.31. The fourth-order valence-corrected chi connectivity index (χ4v) is 2.93. The molecule has 9 heteroatoms. The van der Waals surface area contributed by atoms with Crippen LogP contribution in [-0.2, 0) is 11.3 Å². The Morgan fingerprint density at radius 2 is 2.27 bits per heavy atom. The van der Waals surface area contributed by atoms with Gasteiger partial charge in [-0.3, -0.25) is 9.69 Å². The largest absolute Gasteiger partial charge is 0.368 e. The van der Waals surface area contributed by atoms with Gasteiger partial charge in [0.2, 0.25) is 5.91 Å². The van der Waals surface area contributed by atoms with Gasteiger partial charge in [0.15, 0.2) is 0 Å². The first-order chi connectivity index (χ1) is 10.1. The van der Waals surface area contributed by atoms with Gasteiger partial charge in [-0.15, -0.1) is 17.5 Å². The molecule has 22 heavy (non-hydrogen) atoms. The maximum absolute atomic E-state index is 11.5. The van der Waals surface area contributed by atoms with Crippen LogP contribution in [0.4, 0.5) is 0 Å². The fraction of sp³-hybridized carbons (Fsp3) is 0.385. The van der Waals surface area contributed by atoms with Crippen molar-refractivity contribution in [1.82, 2.24) is 25.1 Å². The lowest BCUT2D eigenvalue weighted by Crippen LogP contribution is -2.39. The molecular formula is C13H16Cl2N6O. The summed E-state index contributed by atoms with van der Waals surface area (Å²) in [5.41, 5.74) is 7.27. The molecule has 1 saturated heterocycles. The van der Waals surface area contributed by atoms with Gasteiger partial charge in [-0.2, -0.15) is 0 Å². The van der Waals surface area contributed by atoms with Gasteiger partial charge >= 0.3 is 0 Å². The fourth-order valence-electron chi connectivity index (χ4n) is 2.73. The van der Waals surface area contributed by atoms with Gasteiger partial charge in [-0.25, -0.2) is 4.68 Å². The maximum Gasteiger partial charge on any atom is 0.234 e. The lowest BCUT2D eigenvalue weighted by molar-refractivity contribution is -0.122. The number of carbonyl (C=O) groups is 1. The van der Waals surface area contributed by atoms with Crippen LogP contribution in [0, 0.1) is 0 Å². The molecule has 1 aliphatic heterocycles. The van der Waals surface area contributed by atoms with Crippen LogP contribution in [0.2, 0.25) is 5.02 Å². The van der Waals surface area contributed by atoms with Crippen molar-refractivity contribution >= 4 is 29.9 Å². The highest BCUT2D eigenvalue weighted by Gasteiger charge is 2.29. The van der Waals surface area contributed by atoms with Crippen molar-refractivity contribution in [1.29, 1.82) is 0 Å². The molecule has 2 aromatic rings. The van der Waals surface area contributed by atoms with Crippen LogP contribution in [0.1, 0.15) is 18.4 Å². The van der Waals surface area contributed by atoms with Crippen molar-refractivity contribution in [2.45, 2.75) is 25.4 Å². The molecule has 0 unspecified atom stereocenters. The first-order valence-corrected chi connectivity index (χ1v) is 7.08. The summed E-state index contributed by atoms with van der Waals surface area (Å²) < 4.78 is 1.58. The molecule has 1 fully saturated rings. The van der Waals surface area contributed by atoms with E-state index in [2.05, 4.69) is 20.4 Å². The molecule has 1 aromatic carbocycles. The van der Waals surface area contributed by atoms with E-state index in [1.54, 1.807) is 10.7 Å². The number of rotatable bonds is 4. The summed E-state index contributed by atoms with van der Waals surface area (Å²) in [7, 11) is 0. The monoisotopic (exact) mass is 342 g/mol. The highest BCUT2D eigenvalue weighted by atomic mass is 35.5. The number of carbonyl (C=O) groups excluding carboxylic acids is 1. The molecular weight excluding hydrogens is 327 g/mol. The molecule has 1 atom stereocenters. The minimum Gasteiger partial charge on any atom is -0.368 e. The zero-order chi connectivity index (χ0) is 14.8. The molecule has 2 heterocycles. The van der Waals surface area contributed by atoms with Gasteiger partial charge < -0.3 is 5.73 Å². The Hall–Kier alpha value is -1.70. The molecule has 0 radical (unpaired) electrons. The Morgan fingerprint density at radius 3 is 2.95 bits per heavy atom. The van der Waals surface area contributed by atoms with E-state index in [4.69, 9.17) is 17.3 Å². The second-order valence-electron chi connectivity index (χ2n) is 5.06. The Balaban J connectivity index is 0.00000176. The van der Waals surface area contributed by atoms with Crippen molar-refractivity contribution < 1.29 is 4.79 Å². The third kappa shape index (κ3) is 3.37. The number of amides is 1. The van der Waals surface area contributed by atoms with Crippen molar-refractivity contribution in [3.05, 3.63) is 35.1 Å². The van der Waals surface area contributed by atoms with Crippen LogP contribution in [-0.4, -0.2) is 43.6 Å². The number of hydrogen-bond donors (Lipinski definition) is 1. The van der Waals surface area contributed by atoms with Gasteiger partial charge in [0, 0.05) is 11.6 Å². The van der Waals surface area contributed by atoms with Crippen LogP contribution < -0.4 is 5.73 Å². The number of nitrogens with two attached hydrogens (primary N) is 1. The Kier molecular flexibility index (Phi) is 5.33. The van der Waals surface area contributed by atoms with Gasteiger partial charge in [-0.1, -0.05) is 11.6 Å². The molecule has 3 rings (SSSR count). The first-order valence-electron chi connectivity index (χ1n) is 6.70. The summed E-state index contributed by atoms with van der Waals surface area (Å²) in [6.07, 6.45) is 3.30. The van der Waals surface area contributed by atoms with Gasteiger partial charge in [-0.05, 0) is 53.6 Å². The van der Waals surface area contributed by atoms with Crippen molar-refractivity contribution in [3.63, 3.8) is 0 Å². The molecule has 0 bridgehead atoms. The Labute approximate surface area is 138 Å². The number of halogens is 2. The van der Waals surface area contributed by atoms with E-state index in [-0.39, 0.29) is 24.4 Å². The van der Waals surface area contributed by atoms with Crippen LogP contribution in [0.3, 0.4) is 0 Å². The third-order valence-electron chi connectivity index (χ3n) is 3.70. The predicted molar refractivity (Wildman–Crippen MR) is 84.0 cm³/mol. The summed E-state index contributed by atoms with van der Waals surface area (Å²) in [6.45, 7) is 1.43. The first kappa shape index (κ1) is 16.7. The second kappa shape index (κ2) is 7.04. The van der Waals surface area contributed by atoms with E-state index in [1.807, 2.05) is 12.1 Å². The molecule has 0 spiro atoms. The van der Waals surface area contributed by atoms with E-state index in [0.29, 0.717) is 11.6 Å². The average molecular weight is 343 g/mol. The number of nitrogens with zero attached hydrogens (tertiary/aromatic N) is 5. The standard InChI is InChI=1S/C13H15ClN6O.ClH/c14-10-3-4-11(20-8-16-17-18-20)9(6-10)7-19-5-1-2-12(19)13(15)21;/h3-4,6,8,12H,1-2,5,7H2,(H2,15,21);1H/t12-;/m0./s1. The van der Waals surface area contributed by atoms with E-state index in [1.165, 1.54) is 6.33 Å². The smallest absolute Gasteiger partial charge is 0.234 e. The third-order valence-corrected chi connectivity index (χ3v) is 3.94. The molecule has 1 amide bonds. The number of tetrazole rings is 1. The highest BCUT2D eigenvalue weighted by Crippen LogP contribution is 2.25. The van der Waals surface area contributed by atoms with Crippen molar-refractivity contribution in [2.24, 2.45) is 5.73 Å².